The SMILES string of the molecule is Nc1cc(S(=O)(=O)NCCCN2CCCC2)c(Br)cc1F. The van der Waals surface area contributed by atoms with Crippen molar-refractivity contribution in [3.8, 4) is 0 Å². The molecule has 0 amide bonds. The van der Waals surface area contributed by atoms with E-state index in [9.17, 15) is 12.8 Å². The third kappa shape index (κ3) is 4.38. The van der Waals surface area contributed by atoms with Gasteiger partial charge in [-0.25, -0.2) is 17.5 Å². The van der Waals surface area contributed by atoms with Gasteiger partial charge in [0.05, 0.1) is 10.6 Å². The van der Waals surface area contributed by atoms with Gasteiger partial charge in [0.25, 0.3) is 0 Å². The van der Waals surface area contributed by atoms with E-state index in [1.807, 2.05) is 0 Å². The summed E-state index contributed by atoms with van der Waals surface area (Å²) in [5.41, 5.74) is 5.24. The lowest BCUT2D eigenvalue weighted by Crippen LogP contribution is -2.29. The number of nitrogen functional groups attached to an aromatic ring is 1. The molecule has 1 aliphatic heterocycles. The van der Waals surface area contributed by atoms with Crippen LogP contribution in [0.15, 0.2) is 21.5 Å². The van der Waals surface area contributed by atoms with Crippen molar-refractivity contribution in [2.24, 2.45) is 0 Å². The highest BCUT2D eigenvalue weighted by atomic mass is 79.9. The number of rotatable bonds is 6. The zero-order valence-corrected chi connectivity index (χ0v) is 14.0. The molecule has 0 aromatic heterocycles. The number of nitrogens with one attached hydrogen (secondary N) is 1. The molecule has 1 aliphatic rings. The maximum absolute atomic E-state index is 13.3. The average Bonchev–Trinajstić information content (AvgIpc) is 2.92. The molecule has 21 heavy (non-hydrogen) atoms. The van der Waals surface area contributed by atoms with E-state index in [4.69, 9.17) is 5.73 Å². The first kappa shape index (κ1) is 16.7. The number of likely N-dealkylation sites (tertiary alicyclic amines) is 1. The number of halogens is 2. The molecule has 1 aromatic rings. The Labute approximate surface area is 132 Å². The smallest absolute Gasteiger partial charge is 0.241 e. The van der Waals surface area contributed by atoms with E-state index < -0.39 is 15.8 Å². The van der Waals surface area contributed by atoms with Gasteiger partial charge >= 0.3 is 0 Å². The Bertz CT molecular complexity index is 604. The van der Waals surface area contributed by atoms with Crippen molar-refractivity contribution >= 4 is 31.6 Å². The summed E-state index contributed by atoms with van der Waals surface area (Å²) in [5.74, 6) is -0.644. The molecular formula is C13H19BrFN3O2S. The van der Waals surface area contributed by atoms with Crippen molar-refractivity contribution in [2.45, 2.75) is 24.2 Å². The molecule has 5 nitrogen and oxygen atoms in total. The van der Waals surface area contributed by atoms with E-state index in [1.54, 1.807) is 0 Å². The quantitative estimate of drug-likeness (QED) is 0.584. The standard InChI is InChI=1S/C13H19BrFN3O2S/c14-10-8-11(15)12(16)9-13(10)21(19,20)17-4-3-7-18-5-1-2-6-18/h8-9,17H,1-7,16H2. The van der Waals surface area contributed by atoms with Crippen molar-refractivity contribution in [1.82, 2.24) is 9.62 Å². The highest BCUT2D eigenvalue weighted by Gasteiger charge is 2.19. The highest BCUT2D eigenvalue weighted by Crippen LogP contribution is 2.26. The monoisotopic (exact) mass is 379 g/mol. The van der Waals surface area contributed by atoms with Gasteiger partial charge in [0.1, 0.15) is 5.82 Å². The number of hydrogen-bond donors (Lipinski definition) is 2. The van der Waals surface area contributed by atoms with Gasteiger partial charge in [0.15, 0.2) is 0 Å². The molecule has 1 saturated heterocycles. The second kappa shape index (κ2) is 7.04. The van der Waals surface area contributed by atoms with Crippen LogP contribution in [0.5, 0.6) is 0 Å². The summed E-state index contributed by atoms with van der Waals surface area (Å²) in [5, 5.41) is 0. The fraction of sp³-hybridized carbons (Fsp3) is 0.538. The lowest BCUT2D eigenvalue weighted by molar-refractivity contribution is 0.334. The van der Waals surface area contributed by atoms with Crippen molar-refractivity contribution in [1.29, 1.82) is 0 Å². The van der Waals surface area contributed by atoms with Crippen molar-refractivity contribution in [3.05, 3.63) is 22.4 Å². The van der Waals surface area contributed by atoms with E-state index >= 15 is 0 Å². The molecule has 3 N–H and O–H groups in total. The van der Waals surface area contributed by atoms with Crippen LogP contribution in [0.2, 0.25) is 0 Å². The highest BCUT2D eigenvalue weighted by molar-refractivity contribution is 9.10. The molecule has 0 unspecified atom stereocenters. The zero-order chi connectivity index (χ0) is 15.5. The van der Waals surface area contributed by atoms with Crippen LogP contribution in [0, 0.1) is 5.82 Å². The Hall–Kier alpha value is -0.700. The molecule has 0 radical (unpaired) electrons. The van der Waals surface area contributed by atoms with Gasteiger partial charge in [0, 0.05) is 11.0 Å². The number of hydrogen-bond acceptors (Lipinski definition) is 4. The lowest BCUT2D eigenvalue weighted by Gasteiger charge is -2.14. The molecule has 0 saturated carbocycles. The first-order chi connectivity index (χ1) is 9.90. The molecule has 0 atom stereocenters. The number of anilines is 1. The van der Waals surface area contributed by atoms with Crippen LogP contribution in [0.4, 0.5) is 10.1 Å². The Balaban J connectivity index is 1.93. The van der Waals surface area contributed by atoms with E-state index in [0.717, 1.165) is 38.2 Å². The summed E-state index contributed by atoms with van der Waals surface area (Å²) >= 11 is 3.06. The Morgan fingerprint density at radius 1 is 1.33 bits per heavy atom. The fourth-order valence-corrected chi connectivity index (χ4v) is 4.47. The lowest BCUT2D eigenvalue weighted by atomic mass is 10.3. The third-order valence-corrected chi connectivity index (χ3v) is 5.90. The molecule has 1 fully saturated rings. The summed E-state index contributed by atoms with van der Waals surface area (Å²) in [7, 11) is -3.69. The van der Waals surface area contributed by atoms with Crippen LogP contribution in [-0.2, 0) is 10.0 Å². The van der Waals surface area contributed by atoms with Crippen LogP contribution in [0.1, 0.15) is 19.3 Å². The minimum absolute atomic E-state index is 0.0393. The average molecular weight is 380 g/mol. The second-order valence-electron chi connectivity index (χ2n) is 5.10. The van der Waals surface area contributed by atoms with E-state index in [1.165, 1.54) is 12.8 Å². The summed E-state index contributed by atoms with van der Waals surface area (Å²) in [4.78, 5) is 2.28. The first-order valence-electron chi connectivity index (χ1n) is 6.87. The van der Waals surface area contributed by atoms with Gasteiger partial charge in [-0.1, -0.05) is 0 Å². The van der Waals surface area contributed by atoms with E-state index in [-0.39, 0.29) is 15.1 Å². The number of nitrogens with zero attached hydrogens (tertiary/aromatic N) is 1. The largest absolute Gasteiger partial charge is 0.396 e. The second-order valence-corrected chi connectivity index (χ2v) is 7.69. The Morgan fingerprint density at radius 2 is 2.00 bits per heavy atom. The van der Waals surface area contributed by atoms with Gasteiger partial charge in [-0.3, -0.25) is 0 Å². The van der Waals surface area contributed by atoms with Crippen molar-refractivity contribution < 1.29 is 12.8 Å². The molecule has 8 heteroatoms. The molecule has 1 aromatic carbocycles. The predicted molar refractivity (Wildman–Crippen MR) is 84.0 cm³/mol. The van der Waals surface area contributed by atoms with Crippen molar-refractivity contribution in [2.75, 3.05) is 31.9 Å². The summed E-state index contributed by atoms with van der Waals surface area (Å²) in [6.07, 6.45) is 3.18. The topological polar surface area (TPSA) is 75.4 Å². The molecule has 118 valence electrons. The molecule has 0 bridgehead atoms. The maximum atomic E-state index is 13.3. The predicted octanol–water partition coefficient (Wildman–Crippen LogP) is 1.93. The minimum atomic E-state index is -3.69. The number of benzene rings is 1. The van der Waals surface area contributed by atoms with Gasteiger partial charge in [-0.05, 0) is 67.0 Å². The molecule has 1 heterocycles. The van der Waals surface area contributed by atoms with Crippen LogP contribution in [-0.4, -0.2) is 39.5 Å². The molecule has 0 spiro atoms. The number of nitrogens with two attached hydrogens (primary N) is 1. The maximum Gasteiger partial charge on any atom is 0.241 e. The van der Waals surface area contributed by atoms with E-state index in [2.05, 4.69) is 25.6 Å². The van der Waals surface area contributed by atoms with Gasteiger partial charge < -0.3 is 10.6 Å². The van der Waals surface area contributed by atoms with Crippen LogP contribution in [0.25, 0.3) is 0 Å². The summed E-state index contributed by atoms with van der Waals surface area (Å²) < 4.78 is 40.3. The van der Waals surface area contributed by atoms with Crippen LogP contribution >= 0.6 is 15.9 Å². The zero-order valence-electron chi connectivity index (χ0n) is 11.6. The summed E-state index contributed by atoms with van der Waals surface area (Å²) in [6.45, 7) is 3.41. The first-order valence-corrected chi connectivity index (χ1v) is 9.14. The fourth-order valence-electron chi connectivity index (χ4n) is 2.34. The number of sulfonamides is 1. The Kier molecular flexibility index (Phi) is 5.59. The molecular weight excluding hydrogens is 361 g/mol. The normalized spacial score (nSPS) is 16.5. The Morgan fingerprint density at radius 3 is 2.67 bits per heavy atom. The van der Waals surface area contributed by atoms with Crippen LogP contribution in [0.3, 0.4) is 0 Å². The van der Waals surface area contributed by atoms with Crippen LogP contribution < -0.4 is 10.5 Å². The van der Waals surface area contributed by atoms with Crippen molar-refractivity contribution in [3.63, 3.8) is 0 Å². The molecule has 0 aliphatic carbocycles. The third-order valence-electron chi connectivity index (χ3n) is 3.48. The van der Waals surface area contributed by atoms with Gasteiger partial charge in [-0.2, -0.15) is 0 Å². The molecule has 2 rings (SSSR count). The van der Waals surface area contributed by atoms with E-state index in [0.29, 0.717) is 6.54 Å². The van der Waals surface area contributed by atoms with Gasteiger partial charge in [0.2, 0.25) is 10.0 Å². The van der Waals surface area contributed by atoms with Gasteiger partial charge in [-0.15, -0.1) is 0 Å². The summed E-state index contributed by atoms with van der Waals surface area (Å²) in [6, 6.07) is 2.19. The minimum Gasteiger partial charge on any atom is -0.396 e.